The van der Waals surface area contributed by atoms with Gasteiger partial charge in [0.05, 0.1) is 10.7 Å². The Kier molecular flexibility index (Phi) is 13.8. The number of anilines is 1. The van der Waals surface area contributed by atoms with Gasteiger partial charge >= 0.3 is 0 Å². The molecule has 2 aromatic rings. The Morgan fingerprint density at radius 3 is 2.08 bits per heavy atom. The van der Waals surface area contributed by atoms with Crippen LogP contribution in [0.3, 0.4) is 0 Å². The second-order valence-electron chi connectivity index (χ2n) is 9.62. The molecule has 2 aromatic carbocycles. The molecule has 4 nitrogen and oxygen atoms in total. The van der Waals surface area contributed by atoms with Gasteiger partial charge in [-0.2, -0.15) is 0 Å². The van der Waals surface area contributed by atoms with E-state index in [4.69, 9.17) is 39.5 Å². The van der Waals surface area contributed by atoms with E-state index in [1.165, 1.54) is 57.4 Å². The summed E-state index contributed by atoms with van der Waals surface area (Å²) in [5, 5.41) is 14.3. The zero-order chi connectivity index (χ0) is 26.5. The van der Waals surface area contributed by atoms with Gasteiger partial charge in [0.2, 0.25) is 0 Å². The molecular formula is C29H40Cl3NO3. The number of benzene rings is 2. The Balaban J connectivity index is 1.96. The number of amides is 1. The fraction of sp³-hybridized carbons (Fsp3) is 0.552. The average Bonchev–Trinajstić information content (AvgIpc) is 2.86. The van der Waals surface area contributed by atoms with Crippen LogP contribution in [0.25, 0.3) is 0 Å². The molecule has 0 saturated heterocycles. The van der Waals surface area contributed by atoms with Crippen molar-refractivity contribution in [3.63, 3.8) is 0 Å². The van der Waals surface area contributed by atoms with Crippen molar-refractivity contribution in [3.8, 4) is 11.5 Å². The van der Waals surface area contributed by atoms with Crippen LogP contribution in [0.15, 0.2) is 30.3 Å². The smallest absolute Gasteiger partial charge is 0.265 e. The molecule has 2 rings (SSSR count). The topological polar surface area (TPSA) is 58.6 Å². The normalized spacial score (nSPS) is 12.8. The van der Waals surface area contributed by atoms with E-state index in [0.717, 1.165) is 19.3 Å². The van der Waals surface area contributed by atoms with Crippen molar-refractivity contribution < 1.29 is 14.6 Å². The lowest BCUT2D eigenvalue weighted by atomic mass is 9.95. The third-order valence-electron chi connectivity index (χ3n) is 6.54. The molecule has 0 heterocycles. The SMILES string of the molecule is CCCCCCCCCCCCC(C)C(Oc1ccc(Cl)cc1)C(=O)Nc1cc(Cl)c(C)c(Cl)c1O. The summed E-state index contributed by atoms with van der Waals surface area (Å²) in [5.74, 6) is -0.0674. The quantitative estimate of drug-likeness (QED) is 0.160. The Hall–Kier alpha value is -1.62. The summed E-state index contributed by atoms with van der Waals surface area (Å²) in [6.07, 6.45) is 12.7. The third-order valence-corrected chi connectivity index (χ3v) is 7.65. The summed E-state index contributed by atoms with van der Waals surface area (Å²) >= 11 is 18.4. The summed E-state index contributed by atoms with van der Waals surface area (Å²) in [7, 11) is 0. The first-order chi connectivity index (χ1) is 17.2. The van der Waals surface area contributed by atoms with Crippen LogP contribution >= 0.6 is 34.8 Å². The zero-order valence-electron chi connectivity index (χ0n) is 21.7. The first-order valence-corrected chi connectivity index (χ1v) is 14.3. The Morgan fingerprint density at radius 2 is 1.50 bits per heavy atom. The van der Waals surface area contributed by atoms with Crippen LogP contribution in [0.4, 0.5) is 5.69 Å². The summed E-state index contributed by atoms with van der Waals surface area (Å²) in [5.41, 5.74) is 0.716. The Bertz CT molecular complexity index is 950. The van der Waals surface area contributed by atoms with Gasteiger partial charge in [0.25, 0.3) is 5.91 Å². The minimum atomic E-state index is -0.761. The van der Waals surface area contributed by atoms with Gasteiger partial charge < -0.3 is 15.2 Å². The molecule has 0 saturated carbocycles. The molecule has 200 valence electrons. The molecule has 0 fully saturated rings. The molecule has 0 bridgehead atoms. The lowest BCUT2D eigenvalue weighted by Crippen LogP contribution is -2.38. The number of hydrogen-bond acceptors (Lipinski definition) is 3. The second kappa shape index (κ2) is 16.3. The Labute approximate surface area is 231 Å². The van der Waals surface area contributed by atoms with Crippen LogP contribution in [0, 0.1) is 12.8 Å². The van der Waals surface area contributed by atoms with Crippen molar-refractivity contribution in [1.29, 1.82) is 0 Å². The van der Waals surface area contributed by atoms with Gasteiger partial charge in [0.15, 0.2) is 11.9 Å². The van der Waals surface area contributed by atoms with E-state index >= 15 is 0 Å². The highest BCUT2D eigenvalue weighted by Crippen LogP contribution is 2.39. The van der Waals surface area contributed by atoms with E-state index in [2.05, 4.69) is 12.2 Å². The third kappa shape index (κ3) is 10.0. The number of carbonyl (C=O) groups excluding carboxylic acids is 1. The van der Waals surface area contributed by atoms with E-state index in [1.54, 1.807) is 31.2 Å². The fourth-order valence-corrected chi connectivity index (χ4v) is 4.78. The zero-order valence-corrected chi connectivity index (χ0v) is 24.0. The standard InChI is InChI=1S/C29H40Cl3NO3/c1-4-5-6-7-8-9-10-11-12-13-14-20(2)28(36-23-17-15-22(30)16-18-23)29(35)33-25-19-24(31)21(3)26(32)27(25)34/h15-20,28,34H,4-14H2,1-3H3,(H,33,35). The molecule has 7 heteroatoms. The van der Waals surface area contributed by atoms with E-state index in [9.17, 15) is 9.90 Å². The fourth-order valence-electron chi connectivity index (χ4n) is 4.20. The van der Waals surface area contributed by atoms with Crippen molar-refractivity contribution in [2.24, 2.45) is 5.92 Å². The largest absolute Gasteiger partial charge is 0.504 e. The van der Waals surface area contributed by atoms with Crippen LogP contribution in [-0.2, 0) is 4.79 Å². The maximum atomic E-state index is 13.3. The van der Waals surface area contributed by atoms with Gasteiger partial charge in [-0.25, -0.2) is 0 Å². The first kappa shape index (κ1) is 30.6. The van der Waals surface area contributed by atoms with Gasteiger partial charge in [-0.05, 0) is 49.2 Å². The molecule has 0 aromatic heterocycles. The number of rotatable bonds is 16. The molecule has 0 aliphatic rings. The molecule has 2 atom stereocenters. The number of ether oxygens (including phenoxy) is 1. The second-order valence-corrected chi connectivity index (χ2v) is 10.8. The molecule has 0 radical (unpaired) electrons. The number of phenolic OH excluding ortho intramolecular Hbond substituents is 1. The maximum Gasteiger partial charge on any atom is 0.265 e. The minimum Gasteiger partial charge on any atom is -0.504 e. The van der Waals surface area contributed by atoms with Gasteiger partial charge in [-0.3, -0.25) is 4.79 Å². The summed E-state index contributed by atoms with van der Waals surface area (Å²) in [6.45, 7) is 5.97. The van der Waals surface area contributed by atoms with Crippen LogP contribution < -0.4 is 10.1 Å². The molecule has 2 N–H and O–H groups in total. The van der Waals surface area contributed by atoms with E-state index in [0.29, 0.717) is 21.4 Å². The molecule has 0 aliphatic carbocycles. The van der Waals surface area contributed by atoms with E-state index in [-0.39, 0.29) is 28.3 Å². The number of aromatic hydroxyl groups is 1. The maximum absolute atomic E-state index is 13.3. The lowest BCUT2D eigenvalue weighted by molar-refractivity contribution is -0.124. The van der Waals surface area contributed by atoms with Crippen molar-refractivity contribution in [1.82, 2.24) is 0 Å². The molecular weight excluding hydrogens is 517 g/mol. The van der Waals surface area contributed by atoms with Gasteiger partial charge in [0, 0.05) is 16.0 Å². The predicted molar refractivity (Wildman–Crippen MR) is 153 cm³/mol. The van der Waals surface area contributed by atoms with E-state index in [1.807, 2.05) is 6.92 Å². The van der Waals surface area contributed by atoms with Crippen molar-refractivity contribution >= 4 is 46.4 Å². The van der Waals surface area contributed by atoms with Gasteiger partial charge in [0.1, 0.15) is 5.75 Å². The number of nitrogens with one attached hydrogen (secondary N) is 1. The van der Waals surface area contributed by atoms with Gasteiger partial charge in [-0.1, -0.05) is 113 Å². The number of unbranched alkanes of at least 4 members (excludes halogenated alkanes) is 9. The molecule has 0 spiro atoms. The lowest BCUT2D eigenvalue weighted by Gasteiger charge is -2.25. The molecule has 36 heavy (non-hydrogen) atoms. The predicted octanol–water partition coefficient (Wildman–Crippen LogP) is 9.99. The van der Waals surface area contributed by atoms with Crippen LogP contribution in [-0.4, -0.2) is 17.1 Å². The van der Waals surface area contributed by atoms with Gasteiger partial charge in [-0.15, -0.1) is 0 Å². The highest BCUT2D eigenvalue weighted by Gasteiger charge is 2.28. The average molecular weight is 557 g/mol. The molecule has 1 amide bonds. The highest BCUT2D eigenvalue weighted by atomic mass is 35.5. The number of halogens is 3. The summed E-state index contributed by atoms with van der Waals surface area (Å²) in [4.78, 5) is 13.3. The monoisotopic (exact) mass is 555 g/mol. The first-order valence-electron chi connectivity index (χ1n) is 13.1. The van der Waals surface area contributed by atoms with E-state index < -0.39 is 6.10 Å². The van der Waals surface area contributed by atoms with Crippen LogP contribution in [0.2, 0.25) is 15.1 Å². The van der Waals surface area contributed by atoms with Crippen LogP contribution in [0.1, 0.15) is 90.0 Å². The summed E-state index contributed by atoms with van der Waals surface area (Å²) in [6, 6.07) is 8.44. The van der Waals surface area contributed by atoms with Crippen molar-refractivity contribution in [2.45, 2.75) is 97.5 Å². The van der Waals surface area contributed by atoms with Crippen molar-refractivity contribution in [3.05, 3.63) is 51.0 Å². The Morgan fingerprint density at radius 1 is 0.944 bits per heavy atom. The number of hydrogen-bond donors (Lipinski definition) is 2. The highest BCUT2D eigenvalue weighted by molar-refractivity contribution is 6.37. The minimum absolute atomic E-state index is 0.0479. The molecule has 2 unspecified atom stereocenters. The van der Waals surface area contributed by atoms with Crippen LogP contribution in [0.5, 0.6) is 11.5 Å². The van der Waals surface area contributed by atoms with Crippen molar-refractivity contribution in [2.75, 3.05) is 5.32 Å². The number of phenols is 1. The number of carbonyl (C=O) groups is 1. The summed E-state index contributed by atoms with van der Waals surface area (Å²) < 4.78 is 6.11. The molecule has 0 aliphatic heterocycles.